The molecule has 0 aliphatic heterocycles. The fraction of sp³-hybridized carbons (Fsp3) is 0.267. The second-order valence-electron chi connectivity index (χ2n) is 4.53. The highest BCUT2D eigenvalue weighted by Gasteiger charge is 2.02. The normalized spacial score (nSPS) is 10.7. The molecule has 2 aromatic rings. The van der Waals surface area contributed by atoms with Crippen molar-refractivity contribution in [1.29, 1.82) is 0 Å². The van der Waals surface area contributed by atoms with Gasteiger partial charge in [0, 0.05) is 22.4 Å². The van der Waals surface area contributed by atoms with E-state index in [2.05, 4.69) is 46.9 Å². The Labute approximate surface area is 116 Å². The summed E-state index contributed by atoms with van der Waals surface area (Å²) in [5.41, 5.74) is 2.35. The summed E-state index contributed by atoms with van der Waals surface area (Å²) in [7, 11) is 0. The van der Waals surface area contributed by atoms with Gasteiger partial charge in [0.05, 0.1) is 0 Å². The topological polar surface area (TPSA) is 22.1 Å². The average molecular weight is 306 g/mol. The Morgan fingerprint density at radius 1 is 1.22 bits per heavy atom. The van der Waals surface area contributed by atoms with E-state index in [1.165, 1.54) is 5.56 Å². The van der Waals surface area contributed by atoms with Crippen LogP contribution in [0.3, 0.4) is 0 Å². The number of ether oxygens (including phenoxy) is 1. The van der Waals surface area contributed by atoms with Crippen LogP contribution in [0.5, 0.6) is 5.75 Å². The molecule has 0 bridgehead atoms. The van der Waals surface area contributed by atoms with E-state index in [0.29, 0.717) is 12.5 Å². The molecule has 0 unspecified atom stereocenters. The monoisotopic (exact) mass is 305 g/mol. The Balaban J connectivity index is 2.04. The molecule has 0 amide bonds. The number of rotatable bonds is 4. The lowest BCUT2D eigenvalue weighted by molar-refractivity contribution is 0.305. The van der Waals surface area contributed by atoms with Crippen LogP contribution < -0.4 is 4.74 Å². The molecule has 0 saturated carbocycles. The van der Waals surface area contributed by atoms with Gasteiger partial charge >= 0.3 is 0 Å². The van der Waals surface area contributed by atoms with Crippen LogP contribution in [0.4, 0.5) is 0 Å². The van der Waals surface area contributed by atoms with Crippen molar-refractivity contribution in [3.05, 3.63) is 58.3 Å². The van der Waals surface area contributed by atoms with Gasteiger partial charge in [-0.3, -0.25) is 4.98 Å². The molecule has 3 heteroatoms. The number of benzene rings is 1. The molecule has 0 spiro atoms. The summed E-state index contributed by atoms with van der Waals surface area (Å²) < 4.78 is 6.75. The van der Waals surface area contributed by atoms with E-state index < -0.39 is 0 Å². The Morgan fingerprint density at radius 3 is 2.78 bits per heavy atom. The molecule has 0 radical (unpaired) electrons. The maximum atomic E-state index is 5.78. The zero-order chi connectivity index (χ0) is 13.0. The molecule has 0 saturated heterocycles. The quantitative estimate of drug-likeness (QED) is 0.827. The number of halogens is 1. The van der Waals surface area contributed by atoms with Gasteiger partial charge in [-0.1, -0.05) is 26.0 Å². The molecule has 2 nitrogen and oxygen atoms in total. The highest BCUT2D eigenvalue weighted by atomic mass is 79.9. The summed E-state index contributed by atoms with van der Waals surface area (Å²) in [4.78, 5) is 4.12. The third kappa shape index (κ3) is 3.57. The van der Waals surface area contributed by atoms with Crippen LogP contribution in [0.15, 0.2) is 47.2 Å². The SMILES string of the molecule is CC(C)c1cccc(OCc2cncc(Br)c2)c1. The number of hydrogen-bond acceptors (Lipinski definition) is 2. The van der Waals surface area contributed by atoms with Crippen molar-refractivity contribution in [3.8, 4) is 5.75 Å². The smallest absolute Gasteiger partial charge is 0.120 e. The fourth-order valence-corrected chi connectivity index (χ4v) is 2.08. The van der Waals surface area contributed by atoms with Gasteiger partial charge in [0.25, 0.3) is 0 Å². The molecule has 18 heavy (non-hydrogen) atoms. The summed E-state index contributed by atoms with van der Waals surface area (Å²) in [5, 5.41) is 0. The van der Waals surface area contributed by atoms with Gasteiger partial charge in [-0.15, -0.1) is 0 Å². The summed E-state index contributed by atoms with van der Waals surface area (Å²) in [6.45, 7) is 4.89. The molecule has 0 N–H and O–H groups in total. The molecule has 0 atom stereocenters. The minimum absolute atomic E-state index is 0.515. The second kappa shape index (κ2) is 6.01. The Bertz CT molecular complexity index is 525. The van der Waals surface area contributed by atoms with Crippen molar-refractivity contribution < 1.29 is 4.74 Å². The van der Waals surface area contributed by atoms with Gasteiger partial charge < -0.3 is 4.74 Å². The van der Waals surface area contributed by atoms with E-state index in [0.717, 1.165) is 15.8 Å². The predicted octanol–water partition coefficient (Wildman–Crippen LogP) is 4.55. The molecule has 1 heterocycles. The maximum absolute atomic E-state index is 5.78. The first-order valence-corrected chi connectivity index (χ1v) is 6.76. The first-order valence-electron chi connectivity index (χ1n) is 5.97. The molecule has 2 rings (SSSR count). The maximum Gasteiger partial charge on any atom is 0.120 e. The van der Waals surface area contributed by atoms with Crippen LogP contribution in [-0.4, -0.2) is 4.98 Å². The molecule has 94 valence electrons. The van der Waals surface area contributed by atoms with Crippen LogP contribution in [-0.2, 0) is 6.61 Å². The number of pyridine rings is 1. The van der Waals surface area contributed by atoms with Gasteiger partial charge in [-0.05, 0) is 45.6 Å². The van der Waals surface area contributed by atoms with Gasteiger partial charge in [0.1, 0.15) is 12.4 Å². The van der Waals surface area contributed by atoms with E-state index in [4.69, 9.17) is 4.74 Å². The van der Waals surface area contributed by atoms with Gasteiger partial charge in [0.2, 0.25) is 0 Å². The van der Waals surface area contributed by atoms with Gasteiger partial charge in [-0.2, -0.15) is 0 Å². The largest absolute Gasteiger partial charge is 0.489 e. The lowest BCUT2D eigenvalue weighted by atomic mass is 10.0. The first-order chi connectivity index (χ1) is 8.65. The van der Waals surface area contributed by atoms with E-state index in [1.54, 1.807) is 6.20 Å². The molecule has 1 aromatic heterocycles. The standard InChI is InChI=1S/C15H16BrNO/c1-11(2)13-4-3-5-15(7-13)18-10-12-6-14(16)9-17-8-12/h3-9,11H,10H2,1-2H3. The van der Waals surface area contributed by atoms with Crippen LogP contribution in [0.1, 0.15) is 30.9 Å². The van der Waals surface area contributed by atoms with E-state index in [9.17, 15) is 0 Å². The lowest BCUT2D eigenvalue weighted by Gasteiger charge is -2.10. The highest BCUT2D eigenvalue weighted by Crippen LogP contribution is 2.21. The lowest BCUT2D eigenvalue weighted by Crippen LogP contribution is -1.97. The summed E-state index contributed by atoms with van der Waals surface area (Å²) in [6.07, 6.45) is 3.58. The van der Waals surface area contributed by atoms with Crippen LogP contribution in [0, 0.1) is 0 Å². The molecular formula is C15H16BrNO. The van der Waals surface area contributed by atoms with Gasteiger partial charge in [0.15, 0.2) is 0 Å². The van der Waals surface area contributed by atoms with E-state index in [1.807, 2.05) is 24.4 Å². The third-order valence-electron chi connectivity index (χ3n) is 2.69. The molecule has 0 fully saturated rings. The van der Waals surface area contributed by atoms with Crippen molar-refractivity contribution in [2.75, 3.05) is 0 Å². The summed E-state index contributed by atoms with van der Waals surface area (Å²) >= 11 is 3.40. The van der Waals surface area contributed by atoms with Crippen molar-refractivity contribution in [3.63, 3.8) is 0 Å². The van der Waals surface area contributed by atoms with E-state index in [-0.39, 0.29) is 0 Å². The molecule has 0 aliphatic carbocycles. The summed E-state index contributed by atoms with van der Waals surface area (Å²) in [5.74, 6) is 1.42. The zero-order valence-corrected chi connectivity index (χ0v) is 12.1. The van der Waals surface area contributed by atoms with Crippen molar-refractivity contribution in [2.24, 2.45) is 0 Å². The highest BCUT2D eigenvalue weighted by molar-refractivity contribution is 9.10. The first kappa shape index (κ1) is 13.1. The fourth-order valence-electron chi connectivity index (χ4n) is 1.66. The van der Waals surface area contributed by atoms with Crippen LogP contribution in [0.2, 0.25) is 0 Å². The Morgan fingerprint density at radius 2 is 2.06 bits per heavy atom. The van der Waals surface area contributed by atoms with Gasteiger partial charge in [-0.25, -0.2) is 0 Å². The van der Waals surface area contributed by atoms with Crippen molar-refractivity contribution >= 4 is 15.9 Å². The average Bonchev–Trinajstić information content (AvgIpc) is 2.37. The molecular weight excluding hydrogens is 290 g/mol. The predicted molar refractivity (Wildman–Crippen MR) is 76.8 cm³/mol. The van der Waals surface area contributed by atoms with Crippen LogP contribution >= 0.6 is 15.9 Å². The Kier molecular flexibility index (Phi) is 4.37. The van der Waals surface area contributed by atoms with Crippen LogP contribution in [0.25, 0.3) is 0 Å². The minimum atomic E-state index is 0.515. The second-order valence-corrected chi connectivity index (χ2v) is 5.44. The van der Waals surface area contributed by atoms with E-state index >= 15 is 0 Å². The van der Waals surface area contributed by atoms with Crippen molar-refractivity contribution in [2.45, 2.75) is 26.4 Å². The molecule has 0 aliphatic rings. The molecule has 1 aromatic carbocycles. The third-order valence-corrected chi connectivity index (χ3v) is 3.13. The number of hydrogen-bond donors (Lipinski definition) is 0. The number of nitrogens with zero attached hydrogens (tertiary/aromatic N) is 1. The zero-order valence-electron chi connectivity index (χ0n) is 10.6. The Hall–Kier alpha value is -1.35. The minimum Gasteiger partial charge on any atom is -0.489 e. The number of aromatic nitrogens is 1. The summed E-state index contributed by atoms with van der Waals surface area (Å²) in [6, 6.07) is 10.2. The van der Waals surface area contributed by atoms with Crippen molar-refractivity contribution in [1.82, 2.24) is 4.98 Å².